The zero-order valence-corrected chi connectivity index (χ0v) is 15.8. The summed E-state index contributed by atoms with van der Waals surface area (Å²) in [5.41, 5.74) is 2.10. The van der Waals surface area contributed by atoms with E-state index in [2.05, 4.69) is 10.1 Å². The molecule has 136 valence electrons. The van der Waals surface area contributed by atoms with Crippen molar-refractivity contribution in [3.63, 3.8) is 0 Å². The van der Waals surface area contributed by atoms with Gasteiger partial charge in [0, 0.05) is 7.05 Å². The van der Waals surface area contributed by atoms with Crippen molar-refractivity contribution >= 4 is 27.5 Å². The normalized spacial score (nSPS) is 10.9. The van der Waals surface area contributed by atoms with Gasteiger partial charge in [-0.25, -0.2) is 9.67 Å². The van der Waals surface area contributed by atoms with Crippen molar-refractivity contribution in [1.82, 2.24) is 19.7 Å². The highest BCUT2D eigenvalue weighted by Crippen LogP contribution is 2.24. The lowest BCUT2D eigenvalue weighted by Gasteiger charge is -2.14. The highest BCUT2D eigenvalue weighted by Gasteiger charge is 2.22. The maximum Gasteiger partial charge on any atom is 0.278 e. The molecule has 0 saturated heterocycles. The van der Waals surface area contributed by atoms with Gasteiger partial charge < -0.3 is 9.64 Å². The number of ether oxygens (including phenoxy) is 1. The van der Waals surface area contributed by atoms with E-state index in [4.69, 9.17) is 4.74 Å². The molecule has 2 heterocycles. The Morgan fingerprint density at radius 1 is 1.15 bits per heavy atom. The van der Waals surface area contributed by atoms with Crippen LogP contribution in [-0.2, 0) is 6.54 Å². The topological polar surface area (TPSA) is 60.3 Å². The SMILES string of the molecule is COc1cn(-c2ccccc2)nc1C(=O)N(C)Cc1nc2ccccc2s1. The maximum atomic E-state index is 12.9. The number of fused-ring (bicyclic) bond motifs is 1. The Balaban J connectivity index is 1.58. The molecule has 0 bridgehead atoms. The van der Waals surface area contributed by atoms with E-state index in [9.17, 15) is 4.79 Å². The molecule has 6 nitrogen and oxygen atoms in total. The van der Waals surface area contributed by atoms with Crippen molar-refractivity contribution in [2.24, 2.45) is 0 Å². The zero-order chi connectivity index (χ0) is 18.8. The fraction of sp³-hybridized carbons (Fsp3) is 0.150. The van der Waals surface area contributed by atoms with Gasteiger partial charge in [-0.15, -0.1) is 11.3 Å². The Labute approximate surface area is 160 Å². The molecular weight excluding hydrogens is 360 g/mol. The number of aromatic nitrogens is 3. The molecule has 0 N–H and O–H groups in total. The number of hydrogen-bond acceptors (Lipinski definition) is 5. The summed E-state index contributed by atoms with van der Waals surface area (Å²) < 4.78 is 8.13. The quantitative estimate of drug-likeness (QED) is 0.530. The average Bonchev–Trinajstić information content (AvgIpc) is 3.31. The van der Waals surface area contributed by atoms with Crippen molar-refractivity contribution in [3.05, 3.63) is 71.5 Å². The Bertz CT molecular complexity index is 1050. The van der Waals surface area contributed by atoms with Gasteiger partial charge in [0.25, 0.3) is 5.91 Å². The largest absolute Gasteiger partial charge is 0.493 e. The van der Waals surface area contributed by atoms with Crippen LogP contribution >= 0.6 is 11.3 Å². The smallest absolute Gasteiger partial charge is 0.278 e. The summed E-state index contributed by atoms with van der Waals surface area (Å²) >= 11 is 1.59. The third-order valence-electron chi connectivity index (χ3n) is 4.18. The van der Waals surface area contributed by atoms with Gasteiger partial charge in [-0.1, -0.05) is 30.3 Å². The lowest BCUT2D eigenvalue weighted by molar-refractivity contribution is 0.0775. The van der Waals surface area contributed by atoms with Gasteiger partial charge in [0.05, 0.1) is 35.8 Å². The van der Waals surface area contributed by atoms with E-state index in [1.165, 1.54) is 7.11 Å². The number of amides is 1. The number of para-hydroxylation sites is 2. The molecule has 0 aliphatic heterocycles. The number of hydrogen-bond donors (Lipinski definition) is 0. The van der Waals surface area contributed by atoms with Crippen molar-refractivity contribution in [3.8, 4) is 11.4 Å². The number of carbonyl (C=O) groups is 1. The molecule has 0 aliphatic rings. The molecule has 0 atom stereocenters. The number of carbonyl (C=O) groups excluding carboxylic acids is 1. The maximum absolute atomic E-state index is 12.9. The molecular formula is C20H18N4O2S. The van der Waals surface area contributed by atoms with Crippen molar-refractivity contribution in [2.45, 2.75) is 6.54 Å². The molecule has 7 heteroatoms. The minimum atomic E-state index is -0.208. The molecule has 4 aromatic rings. The highest BCUT2D eigenvalue weighted by atomic mass is 32.1. The van der Waals surface area contributed by atoms with E-state index in [1.54, 1.807) is 34.2 Å². The van der Waals surface area contributed by atoms with Crippen molar-refractivity contribution in [2.75, 3.05) is 14.2 Å². The Kier molecular flexibility index (Phi) is 4.60. The van der Waals surface area contributed by atoms with Crippen LogP contribution in [0, 0.1) is 0 Å². The minimum absolute atomic E-state index is 0.208. The van der Waals surface area contributed by atoms with Gasteiger partial charge >= 0.3 is 0 Å². The lowest BCUT2D eigenvalue weighted by Crippen LogP contribution is -2.27. The number of benzene rings is 2. The average molecular weight is 378 g/mol. The van der Waals surface area contributed by atoms with Crippen molar-refractivity contribution in [1.29, 1.82) is 0 Å². The van der Waals surface area contributed by atoms with Gasteiger partial charge in [-0.05, 0) is 24.3 Å². The van der Waals surface area contributed by atoms with Crippen LogP contribution in [0.4, 0.5) is 0 Å². The molecule has 0 fully saturated rings. The number of nitrogens with zero attached hydrogens (tertiary/aromatic N) is 4. The van der Waals surface area contributed by atoms with Crippen LogP contribution in [0.25, 0.3) is 15.9 Å². The second-order valence-corrected chi connectivity index (χ2v) is 7.18. The molecule has 0 aliphatic carbocycles. The highest BCUT2D eigenvalue weighted by molar-refractivity contribution is 7.18. The number of rotatable bonds is 5. The Morgan fingerprint density at radius 2 is 1.89 bits per heavy atom. The first kappa shape index (κ1) is 17.2. The standard InChI is InChI=1S/C20H18N4O2S/c1-23(13-18-21-15-10-6-7-11-17(15)27-18)20(25)19-16(26-2)12-24(22-19)14-8-4-3-5-9-14/h3-12H,13H2,1-2H3. The van der Waals surface area contributed by atoms with Gasteiger partial charge in [0.15, 0.2) is 11.4 Å². The summed E-state index contributed by atoms with van der Waals surface area (Å²) in [7, 11) is 3.28. The van der Waals surface area contributed by atoms with E-state index in [0.29, 0.717) is 12.3 Å². The number of thiazole rings is 1. The molecule has 27 heavy (non-hydrogen) atoms. The molecule has 2 aromatic carbocycles. The summed E-state index contributed by atoms with van der Waals surface area (Å²) in [4.78, 5) is 19.1. The summed E-state index contributed by atoms with van der Waals surface area (Å²) in [6, 6.07) is 17.6. The fourth-order valence-electron chi connectivity index (χ4n) is 2.81. The van der Waals surface area contributed by atoms with E-state index < -0.39 is 0 Å². The van der Waals surface area contributed by atoms with Crippen LogP contribution in [-0.4, -0.2) is 39.7 Å². The van der Waals surface area contributed by atoms with E-state index in [1.807, 2.05) is 54.6 Å². The summed E-state index contributed by atoms with van der Waals surface area (Å²) in [6.45, 7) is 0.416. The Hall–Kier alpha value is -3.19. The second-order valence-electron chi connectivity index (χ2n) is 6.06. The van der Waals surface area contributed by atoms with Gasteiger partial charge in [-0.3, -0.25) is 4.79 Å². The molecule has 4 rings (SSSR count). The van der Waals surface area contributed by atoms with Crippen LogP contribution in [0.2, 0.25) is 0 Å². The minimum Gasteiger partial charge on any atom is -0.493 e. The first-order chi connectivity index (χ1) is 13.2. The number of methoxy groups -OCH3 is 1. The second kappa shape index (κ2) is 7.20. The summed E-state index contributed by atoms with van der Waals surface area (Å²) in [5, 5.41) is 5.32. The Morgan fingerprint density at radius 3 is 2.63 bits per heavy atom. The van der Waals surface area contributed by atoms with Crippen LogP contribution in [0.3, 0.4) is 0 Å². The third kappa shape index (κ3) is 3.41. The lowest BCUT2D eigenvalue weighted by atomic mass is 10.3. The third-order valence-corrected chi connectivity index (χ3v) is 5.20. The summed E-state index contributed by atoms with van der Waals surface area (Å²) in [6.07, 6.45) is 1.72. The van der Waals surface area contributed by atoms with Crippen LogP contribution in [0.1, 0.15) is 15.5 Å². The van der Waals surface area contributed by atoms with E-state index >= 15 is 0 Å². The van der Waals surface area contributed by atoms with Crippen LogP contribution < -0.4 is 4.74 Å². The summed E-state index contributed by atoms with van der Waals surface area (Å²) in [5.74, 6) is 0.237. The predicted octanol–water partition coefficient (Wildman–Crippen LogP) is 3.76. The first-order valence-electron chi connectivity index (χ1n) is 8.44. The van der Waals surface area contributed by atoms with Crippen LogP contribution in [0.15, 0.2) is 60.8 Å². The molecule has 0 spiro atoms. The van der Waals surface area contributed by atoms with E-state index in [0.717, 1.165) is 20.9 Å². The zero-order valence-electron chi connectivity index (χ0n) is 15.0. The van der Waals surface area contributed by atoms with Crippen molar-refractivity contribution < 1.29 is 9.53 Å². The predicted molar refractivity (Wildman–Crippen MR) is 106 cm³/mol. The molecule has 0 radical (unpaired) electrons. The van der Waals surface area contributed by atoms with Gasteiger partial charge in [-0.2, -0.15) is 5.10 Å². The molecule has 1 amide bonds. The van der Waals surface area contributed by atoms with Gasteiger partial charge in [0.1, 0.15) is 5.01 Å². The molecule has 0 unspecified atom stereocenters. The van der Waals surface area contributed by atoms with Crippen LogP contribution in [0.5, 0.6) is 5.75 Å². The fourth-order valence-corrected chi connectivity index (χ4v) is 3.83. The monoisotopic (exact) mass is 378 g/mol. The van der Waals surface area contributed by atoms with Gasteiger partial charge in [0.2, 0.25) is 0 Å². The molecule has 0 saturated carbocycles. The van der Waals surface area contributed by atoms with E-state index in [-0.39, 0.29) is 11.6 Å². The molecule has 2 aromatic heterocycles. The first-order valence-corrected chi connectivity index (χ1v) is 9.26.